The minimum atomic E-state index is -0.256. The largest absolute Gasteiger partial charge is 0.489 e. The Balaban J connectivity index is 0.995. The van der Waals surface area contributed by atoms with Gasteiger partial charge >= 0.3 is 0 Å². The highest BCUT2D eigenvalue weighted by molar-refractivity contribution is 5.96. The number of hydrogen-bond acceptors (Lipinski definition) is 5. The fourth-order valence-corrected chi connectivity index (χ4v) is 6.27. The molecule has 0 unspecified atom stereocenters. The van der Waals surface area contributed by atoms with Gasteiger partial charge in [-0.25, -0.2) is 4.39 Å². The Hall–Kier alpha value is -3.38. The molecule has 6 heteroatoms. The zero-order chi connectivity index (χ0) is 25.4. The van der Waals surface area contributed by atoms with Gasteiger partial charge in [-0.3, -0.25) is 4.79 Å². The van der Waals surface area contributed by atoms with E-state index in [1.54, 1.807) is 12.1 Å². The SMILES string of the molecule is CN1CCN2c3c(cccc31)[C@@H]1CN(CCCC(=O)c3ccc(OCc4ccc(F)cc4)cc3)CC[C@@H]12. The molecule has 2 atom stereocenters. The summed E-state index contributed by atoms with van der Waals surface area (Å²) in [7, 11) is 2.20. The molecule has 3 aromatic carbocycles. The summed E-state index contributed by atoms with van der Waals surface area (Å²) < 4.78 is 18.8. The number of halogens is 1. The number of piperidine rings is 1. The normalized spacial score (nSPS) is 20.5. The molecule has 0 radical (unpaired) electrons. The number of carbonyl (C=O) groups is 1. The Morgan fingerprint density at radius 1 is 1.00 bits per heavy atom. The van der Waals surface area contributed by atoms with Gasteiger partial charge in [0.05, 0.1) is 11.4 Å². The van der Waals surface area contributed by atoms with E-state index >= 15 is 0 Å². The number of rotatable bonds is 8. The summed E-state index contributed by atoms with van der Waals surface area (Å²) in [4.78, 5) is 20.4. The lowest BCUT2D eigenvalue weighted by Crippen LogP contribution is -2.49. The quantitative estimate of drug-likeness (QED) is 0.383. The number of likely N-dealkylation sites (tertiary alicyclic amines) is 1. The molecular weight excluding hydrogens is 465 g/mol. The number of anilines is 2. The van der Waals surface area contributed by atoms with Gasteiger partial charge in [0, 0.05) is 57.2 Å². The van der Waals surface area contributed by atoms with E-state index < -0.39 is 0 Å². The Bertz CT molecular complexity index is 1260. The summed E-state index contributed by atoms with van der Waals surface area (Å²) >= 11 is 0. The second-order valence-corrected chi connectivity index (χ2v) is 10.6. The van der Waals surface area contributed by atoms with E-state index in [-0.39, 0.29) is 11.6 Å². The van der Waals surface area contributed by atoms with Gasteiger partial charge in [0.1, 0.15) is 18.2 Å². The molecule has 5 nitrogen and oxygen atoms in total. The van der Waals surface area contributed by atoms with Crippen molar-refractivity contribution in [3.63, 3.8) is 0 Å². The molecule has 6 rings (SSSR count). The minimum Gasteiger partial charge on any atom is -0.489 e. The molecule has 0 saturated carbocycles. The Morgan fingerprint density at radius 3 is 2.62 bits per heavy atom. The molecule has 0 aromatic heterocycles. The monoisotopic (exact) mass is 499 g/mol. The van der Waals surface area contributed by atoms with E-state index in [4.69, 9.17) is 4.74 Å². The molecular formula is C31H34FN3O2. The number of benzene rings is 3. The van der Waals surface area contributed by atoms with Crippen molar-refractivity contribution >= 4 is 17.2 Å². The molecule has 0 spiro atoms. The highest BCUT2D eigenvalue weighted by atomic mass is 19.1. The maximum Gasteiger partial charge on any atom is 0.162 e. The van der Waals surface area contributed by atoms with Gasteiger partial charge in [-0.1, -0.05) is 24.3 Å². The summed E-state index contributed by atoms with van der Waals surface area (Å²) in [6.07, 6.45) is 2.62. The van der Waals surface area contributed by atoms with E-state index in [9.17, 15) is 9.18 Å². The maximum atomic E-state index is 13.0. The average Bonchev–Trinajstić information content (AvgIpc) is 3.25. The lowest BCUT2D eigenvalue weighted by Gasteiger charge is -2.41. The van der Waals surface area contributed by atoms with E-state index in [2.05, 4.69) is 39.9 Å². The number of nitrogens with zero attached hydrogens (tertiary/aromatic N) is 3. The second-order valence-electron chi connectivity index (χ2n) is 10.6. The van der Waals surface area contributed by atoms with Crippen LogP contribution in [0.2, 0.25) is 0 Å². The first-order valence-electron chi connectivity index (χ1n) is 13.4. The fourth-order valence-electron chi connectivity index (χ4n) is 6.27. The third kappa shape index (κ3) is 4.82. The number of para-hydroxylation sites is 1. The van der Waals surface area contributed by atoms with Gasteiger partial charge < -0.3 is 19.4 Å². The number of carbonyl (C=O) groups excluding carboxylic acids is 1. The summed E-state index contributed by atoms with van der Waals surface area (Å²) in [6, 6.07) is 21.1. The molecule has 192 valence electrons. The molecule has 3 aliphatic heterocycles. The van der Waals surface area contributed by atoms with Crippen molar-refractivity contribution in [1.82, 2.24) is 4.90 Å². The van der Waals surface area contributed by atoms with Gasteiger partial charge in [-0.05, 0) is 73.0 Å². The van der Waals surface area contributed by atoms with Gasteiger partial charge in [0.15, 0.2) is 5.78 Å². The van der Waals surface area contributed by atoms with Crippen LogP contribution < -0.4 is 14.5 Å². The van der Waals surface area contributed by atoms with Crippen molar-refractivity contribution in [2.24, 2.45) is 0 Å². The van der Waals surface area contributed by atoms with Crippen LogP contribution in [0, 0.1) is 5.82 Å². The number of Topliss-reactive ketones (excluding diaryl/α,β-unsaturated/α-hetero) is 1. The predicted octanol–water partition coefficient (Wildman–Crippen LogP) is 5.50. The van der Waals surface area contributed by atoms with Crippen LogP contribution in [0.25, 0.3) is 0 Å². The average molecular weight is 500 g/mol. The molecule has 0 N–H and O–H groups in total. The van der Waals surface area contributed by atoms with Crippen LogP contribution in [0.4, 0.5) is 15.8 Å². The highest BCUT2D eigenvalue weighted by Crippen LogP contribution is 2.50. The van der Waals surface area contributed by atoms with Crippen molar-refractivity contribution in [2.45, 2.75) is 37.8 Å². The zero-order valence-electron chi connectivity index (χ0n) is 21.4. The van der Waals surface area contributed by atoms with E-state index in [0.29, 0.717) is 30.7 Å². The van der Waals surface area contributed by atoms with E-state index in [1.807, 2.05) is 24.3 Å². The van der Waals surface area contributed by atoms with Crippen molar-refractivity contribution in [3.05, 3.63) is 89.2 Å². The fraction of sp³-hybridized carbons (Fsp3) is 0.387. The van der Waals surface area contributed by atoms with Gasteiger partial charge in [-0.15, -0.1) is 0 Å². The standard InChI is InChI=1S/C31H34FN3O2/c1-33-18-19-35-28-15-17-34(20-27(28)26-4-2-5-29(33)31(26)35)16-3-6-30(36)23-9-13-25(14-10-23)37-21-22-7-11-24(32)12-8-22/h2,4-5,7-14,27-28H,3,6,15-21H2,1H3/t27-,28-/m0/s1. The van der Waals surface area contributed by atoms with Gasteiger partial charge in [0.2, 0.25) is 0 Å². The highest BCUT2D eigenvalue weighted by Gasteiger charge is 2.44. The van der Waals surface area contributed by atoms with Crippen LogP contribution in [0.3, 0.4) is 0 Å². The van der Waals surface area contributed by atoms with Crippen molar-refractivity contribution < 1.29 is 13.9 Å². The Morgan fingerprint density at radius 2 is 1.81 bits per heavy atom. The van der Waals surface area contributed by atoms with Crippen molar-refractivity contribution in [3.8, 4) is 5.75 Å². The molecule has 1 saturated heterocycles. The number of fused-ring (bicyclic) bond motifs is 3. The first-order chi connectivity index (χ1) is 18.1. The Kier molecular flexibility index (Phi) is 6.59. The Labute approximate surface area is 218 Å². The summed E-state index contributed by atoms with van der Waals surface area (Å²) in [5.41, 5.74) is 5.98. The third-order valence-corrected chi connectivity index (χ3v) is 8.25. The van der Waals surface area contributed by atoms with E-state index in [0.717, 1.165) is 50.3 Å². The summed E-state index contributed by atoms with van der Waals surface area (Å²) in [5, 5.41) is 0. The van der Waals surface area contributed by atoms with Crippen molar-refractivity contribution in [2.75, 3.05) is 49.6 Å². The molecule has 37 heavy (non-hydrogen) atoms. The van der Waals surface area contributed by atoms with Crippen LogP contribution in [-0.4, -0.2) is 56.5 Å². The van der Waals surface area contributed by atoms with E-state index in [1.165, 1.54) is 35.5 Å². The number of likely N-dealkylation sites (N-methyl/N-ethyl adjacent to an activating group) is 1. The predicted molar refractivity (Wildman–Crippen MR) is 145 cm³/mol. The molecule has 0 amide bonds. The smallest absolute Gasteiger partial charge is 0.162 e. The van der Waals surface area contributed by atoms with Crippen LogP contribution in [0.1, 0.15) is 46.7 Å². The van der Waals surface area contributed by atoms with Gasteiger partial charge in [0.25, 0.3) is 0 Å². The van der Waals surface area contributed by atoms with Crippen LogP contribution in [0.5, 0.6) is 5.75 Å². The van der Waals surface area contributed by atoms with Crippen LogP contribution in [0.15, 0.2) is 66.7 Å². The summed E-state index contributed by atoms with van der Waals surface area (Å²) in [6.45, 7) is 5.72. The minimum absolute atomic E-state index is 0.177. The first-order valence-corrected chi connectivity index (χ1v) is 13.4. The molecule has 1 fully saturated rings. The summed E-state index contributed by atoms with van der Waals surface area (Å²) in [5.74, 6) is 1.19. The molecule has 3 aliphatic rings. The van der Waals surface area contributed by atoms with Crippen LogP contribution in [-0.2, 0) is 6.61 Å². The molecule has 0 aliphatic carbocycles. The van der Waals surface area contributed by atoms with Crippen LogP contribution >= 0.6 is 0 Å². The second kappa shape index (κ2) is 10.2. The number of ketones is 1. The zero-order valence-corrected chi connectivity index (χ0v) is 21.4. The maximum absolute atomic E-state index is 13.0. The number of ether oxygens (including phenoxy) is 1. The first kappa shape index (κ1) is 24.0. The molecule has 3 aromatic rings. The van der Waals surface area contributed by atoms with Crippen molar-refractivity contribution in [1.29, 1.82) is 0 Å². The third-order valence-electron chi connectivity index (χ3n) is 8.25. The topological polar surface area (TPSA) is 36.0 Å². The van der Waals surface area contributed by atoms with Gasteiger partial charge in [-0.2, -0.15) is 0 Å². The lowest BCUT2D eigenvalue weighted by atomic mass is 9.89. The number of hydrogen-bond donors (Lipinski definition) is 0. The lowest BCUT2D eigenvalue weighted by molar-refractivity contribution is 0.0971. The molecule has 3 heterocycles. The molecule has 0 bridgehead atoms.